The molecule has 4 nitrogen and oxygen atoms in total. The molecule has 32 heavy (non-hydrogen) atoms. The number of ether oxygens (including phenoxy) is 1. The van der Waals surface area contributed by atoms with Gasteiger partial charge in [0.1, 0.15) is 24.0 Å². The molecule has 0 aromatic heterocycles. The number of amides is 1. The molecule has 0 aliphatic heterocycles. The molecule has 4 aromatic rings. The van der Waals surface area contributed by atoms with E-state index in [0.29, 0.717) is 18.9 Å². The summed E-state index contributed by atoms with van der Waals surface area (Å²) in [6, 6.07) is 33.3. The second-order valence-corrected chi connectivity index (χ2v) is 7.34. The van der Waals surface area contributed by atoms with E-state index in [0.717, 1.165) is 22.1 Å². The summed E-state index contributed by atoms with van der Waals surface area (Å²) in [4.78, 5) is 12.4. The third-order valence-electron chi connectivity index (χ3n) is 5.10. The second-order valence-electron chi connectivity index (χ2n) is 7.34. The van der Waals surface area contributed by atoms with E-state index in [-0.39, 0.29) is 5.57 Å². The van der Waals surface area contributed by atoms with Crippen LogP contribution < -0.4 is 10.1 Å². The summed E-state index contributed by atoms with van der Waals surface area (Å²) in [6.45, 7) is 0.796. The zero-order valence-corrected chi connectivity index (χ0v) is 17.5. The summed E-state index contributed by atoms with van der Waals surface area (Å²) in [6.07, 6.45) is 1.57. The average molecular weight is 418 g/mol. The first-order valence-corrected chi connectivity index (χ1v) is 10.4. The highest BCUT2D eigenvalue weighted by Crippen LogP contribution is 2.22. The van der Waals surface area contributed by atoms with Gasteiger partial charge in [-0.3, -0.25) is 4.79 Å². The summed E-state index contributed by atoms with van der Waals surface area (Å²) in [5.74, 6) is 0.270. The summed E-state index contributed by atoms with van der Waals surface area (Å²) in [5, 5.41) is 14.6. The molecule has 156 valence electrons. The van der Waals surface area contributed by atoms with Gasteiger partial charge in [0.2, 0.25) is 0 Å². The van der Waals surface area contributed by atoms with Gasteiger partial charge in [-0.25, -0.2) is 0 Å². The zero-order chi connectivity index (χ0) is 22.2. The van der Waals surface area contributed by atoms with E-state index in [1.165, 1.54) is 5.39 Å². The van der Waals surface area contributed by atoms with Crippen molar-refractivity contribution in [1.29, 1.82) is 5.26 Å². The van der Waals surface area contributed by atoms with Crippen LogP contribution in [0.3, 0.4) is 0 Å². The fourth-order valence-corrected chi connectivity index (χ4v) is 3.46. The number of rotatable bonds is 7. The van der Waals surface area contributed by atoms with Gasteiger partial charge in [-0.2, -0.15) is 5.26 Å². The van der Waals surface area contributed by atoms with Gasteiger partial charge in [-0.05, 0) is 45.7 Å². The van der Waals surface area contributed by atoms with Crippen LogP contribution in [-0.2, 0) is 17.9 Å². The molecule has 0 heterocycles. The minimum absolute atomic E-state index is 0.0483. The molecule has 0 atom stereocenters. The van der Waals surface area contributed by atoms with Crippen LogP contribution in [0, 0.1) is 11.3 Å². The summed E-state index contributed by atoms with van der Waals surface area (Å²) in [7, 11) is 0. The molecule has 0 fully saturated rings. The highest BCUT2D eigenvalue weighted by molar-refractivity contribution is 6.01. The number of nitrogens with zero attached hydrogens (tertiary/aromatic N) is 1. The molecule has 0 saturated carbocycles. The first kappa shape index (κ1) is 20.9. The van der Waals surface area contributed by atoms with Crippen LogP contribution >= 0.6 is 0 Å². The van der Waals surface area contributed by atoms with Crippen LogP contribution in [-0.4, -0.2) is 5.91 Å². The molecule has 0 saturated heterocycles. The van der Waals surface area contributed by atoms with Crippen LogP contribution in [0.2, 0.25) is 0 Å². The van der Waals surface area contributed by atoms with Crippen molar-refractivity contribution in [2.75, 3.05) is 0 Å². The SMILES string of the molecule is N#C/C(=C\c1cccc(OCc2cccc3ccccc23)c1)C(=O)NCc1ccccc1. The van der Waals surface area contributed by atoms with Crippen molar-refractivity contribution >= 4 is 22.8 Å². The number of benzene rings is 4. The molecule has 0 bridgehead atoms. The molecule has 0 unspecified atom stereocenters. The lowest BCUT2D eigenvalue weighted by Gasteiger charge is -2.10. The Morgan fingerprint density at radius 3 is 2.50 bits per heavy atom. The van der Waals surface area contributed by atoms with Crippen LogP contribution in [0.4, 0.5) is 0 Å². The van der Waals surface area contributed by atoms with E-state index in [1.807, 2.05) is 78.9 Å². The normalized spacial score (nSPS) is 11.0. The third-order valence-corrected chi connectivity index (χ3v) is 5.10. The van der Waals surface area contributed by atoms with Gasteiger partial charge in [0, 0.05) is 6.54 Å². The van der Waals surface area contributed by atoms with Crippen molar-refractivity contribution in [2.45, 2.75) is 13.2 Å². The third kappa shape index (κ3) is 5.21. The van der Waals surface area contributed by atoms with Gasteiger partial charge < -0.3 is 10.1 Å². The van der Waals surface area contributed by atoms with Gasteiger partial charge in [-0.15, -0.1) is 0 Å². The predicted octanol–water partition coefficient (Wildman–Crippen LogP) is 5.64. The maximum absolute atomic E-state index is 12.4. The maximum atomic E-state index is 12.4. The topological polar surface area (TPSA) is 62.1 Å². The van der Waals surface area contributed by atoms with Gasteiger partial charge >= 0.3 is 0 Å². The number of nitrogens with one attached hydrogen (secondary N) is 1. The predicted molar refractivity (Wildman–Crippen MR) is 127 cm³/mol. The van der Waals surface area contributed by atoms with Crippen molar-refractivity contribution in [3.8, 4) is 11.8 Å². The van der Waals surface area contributed by atoms with Gasteiger partial charge in [0.25, 0.3) is 5.91 Å². The fraction of sp³-hybridized carbons (Fsp3) is 0.0714. The first-order chi connectivity index (χ1) is 15.7. The van der Waals surface area contributed by atoms with E-state index in [9.17, 15) is 10.1 Å². The molecule has 0 aliphatic carbocycles. The molecule has 0 aliphatic rings. The van der Waals surface area contributed by atoms with Crippen molar-refractivity contribution in [2.24, 2.45) is 0 Å². The lowest BCUT2D eigenvalue weighted by Crippen LogP contribution is -2.23. The molecule has 4 rings (SSSR count). The lowest BCUT2D eigenvalue weighted by atomic mass is 10.1. The van der Waals surface area contributed by atoms with E-state index in [2.05, 4.69) is 29.6 Å². The molecule has 1 amide bonds. The van der Waals surface area contributed by atoms with Crippen molar-refractivity contribution in [1.82, 2.24) is 5.32 Å². The molecule has 4 heteroatoms. The lowest BCUT2D eigenvalue weighted by molar-refractivity contribution is -0.117. The first-order valence-electron chi connectivity index (χ1n) is 10.4. The van der Waals surface area contributed by atoms with Gasteiger partial charge in [0.05, 0.1) is 0 Å². The van der Waals surface area contributed by atoms with Crippen molar-refractivity contribution in [3.63, 3.8) is 0 Å². The molecular formula is C28H22N2O2. The standard InChI is InChI=1S/C28H22N2O2/c29-18-25(28(31)30-19-21-8-2-1-3-9-21)16-22-10-6-14-26(17-22)32-20-24-13-7-12-23-11-4-5-15-27(23)24/h1-17H,19-20H2,(H,30,31)/b25-16+. The van der Waals surface area contributed by atoms with Crippen molar-refractivity contribution < 1.29 is 9.53 Å². The molecule has 4 aromatic carbocycles. The highest BCUT2D eigenvalue weighted by Gasteiger charge is 2.09. The highest BCUT2D eigenvalue weighted by atomic mass is 16.5. The number of nitriles is 1. The Bertz CT molecular complexity index is 1300. The van der Waals surface area contributed by atoms with E-state index >= 15 is 0 Å². The number of carbonyl (C=O) groups is 1. The largest absolute Gasteiger partial charge is 0.489 e. The van der Waals surface area contributed by atoms with Gasteiger partial charge in [0.15, 0.2) is 0 Å². The summed E-state index contributed by atoms with van der Waals surface area (Å²) < 4.78 is 6.01. The molecule has 0 spiro atoms. The molecule has 0 radical (unpaired) electrons. The molecule has 1 N–H and O–H groups in total. The Labute approximate surface area is 187 Å². The summed E-state index contributed by atoms with van der Waals surface area (Å²) in [5.41, 5.74) is 2.85. The smallest absolute Gasteiger partial charge is 0.262 e. The molecular weight excluding hydrogens is 396 g/mol. The Morgan fingerprint density at radius 1 is 0.906 bits per heavy atom. The van der Waals surface area contributed by atoms with Crippen LogP contribution in [0.25, 0.3) is 16.8 Å². The second kappa shape index (κ2) is 10.1. The minimum Gasteiger partial charge on any atom is -0.489 e. The van der Waals surface area contributed by atoms with Crippen molar-refractivity contribution in [3.05, 3.63) is 119 Å². The Hall–Kier alpha value is -4.36. The Balaban J connectivity index is 1.44. The van der Waals surface area contributed by atoms with Crippen LogP contribution in [0.5, 0.6) is 5.75 Å². The quantitative estimate of drug-likeness (QED) is 0.312. The van der Waals surface area contributed by atoms with Gasteiger partial charge in [-0.1, -0.05) is 84.9 Å². The van der Waals surface area contributed by atoms with E-state index < -0.39 is 5.91 Å². The number of carbonyl (C=O) groups excluding carboxylic acids is 1. The summed E-state index contributed by atoms with van der Waals surface area (Å²) >= 11 is 0. The zero-order valence-electron chi connectivity index (χ0n) is 17.5. The minimum atomic E-state index is -0.404. The average Bonchev–Trinajstić information content (AvgIpc) is 2.85. The van der Waals surface area contributed by atoms with Crippen LogP contribution in [0.15, 0.2) is 103 Å². The van der Waals surface area contributed by atoms with E-state index in [4.69, 9.17) is 4.74 Å². The maximum Gasteiger partial charge on any atom is 0.262 e. The fourth-order valence-electron chi connectivity index (χ4n) is 3.46. The van der Waals surface area contributed by atoms with E-state index in [1.54, 1.807) is 6.08 Å². The monoisotopic (exact) mass is 418 g/mol. The number of hydrogen-bond acceptors (Lipinski definition) is 3. The Kier molecular flexibility index (Phi) is 6.60. The van der Waals surface area contributed by atoms with Crippen LogP contribution in [0.1, 0.15) is 16.7 Å². The number of fused-ring (bicyclic) bond motifs is 1. The number of hydrogen-bond donors (Lipinski definition) is 1. The Morgan fingerprint density at radius 2 is 1.66 bits per heavy atom.